The van der Waals surface area contributed by atoms with Crippen LogP contribution >= 0.6 is 7.82 Å². The molecule has 0 fully saturated rings. The molecule has 5 nitrogen and oxygen atoms in total. The maximum Gasteiger partial charge on any atom is 0.265 e. The van der Waals surface area contributed by atoms with E-state index < -0.39 is 7.82 Å². The number of unbranched alkanes of at least 4 members (excludes halogenated alkanes) is 2. The Morgan fingerprint density at radius 2 is 1.69 bits per heavy atom. The molecular weight excluding hydrogens is 229 g/mol. The van der Waals surface area contributed by atoms with E-state index in [0.717, 1.165) is 0 Å². The van der Waals surface area contributed by atoms with Gasteiger partial charge in [-0.3, -0.25) is 4.57 Å². The molecule has 1 atom stereocenters. The fourth-order valence-corrected chi connectivity index (χ4v) is 1.10. The van der Waals surface area contributed by atoms with Crippen LogP contribution in [0.25, 0.3) is 0 Å². The van der Waals surface area contributed by atoms with Crippen LogP contribution in [0.1, 0.15) is 33.1 Å². The number of nitrogens with zero attached hydrogens (tertiary/aromatic N) is 1. The Morgan fingerprint density at radius 1 is 1.25 bits per heavy atom. The first-order valence-corrected chi connectivity index (χ1v) is 7.10. The normalized spacial score (nSPS) is 14.9. The highest BCUT2D eigenvalue weighted by Gasteiger charge is 2.08. The first-order chi connectivity index (χ1) is 7.12. The molecule has 0 radical (unpaired) electrons. The van der Waals surface area contributed by atoms with Crippen LogP contribution in [0.2, 0.25) is 0 Å². The molecule has 0 aromatic heterocycles. The Labute approximate surface area is 99.3 Å². The minimum atomic E-state index is -4.51. The summed E-state index contributed by atoms with van der Waals surface area (Å²) in [6.07, 6.45) is 4.08. The Bertz CT molecular complexity index is 195. The summed E-state index contributed by atoms with van der Waals surface area (Å²) in [4.78, 5) is 18.3. The smallest absolute Gasteiger partial charge is 0.265 e. The summed E-state index contributed by atoms with van der Waals surface area (Å²) in [7, 11) is 1.19. The summed E-state index contributed by atoms with van der Waals surface area (Å²) in [5.74, 6) is 0. The molecular formula is C10H26NO4P. The van der Waals surface area contributed by atoms with Gasteiger partial charge in [-0.15, -0.1) is 0 Å². The zero-order chi connectivity index (χ0) is 13.2. The minimum Gasteiger partial charge on any atom is -0.756 e. The standard InChI is InChI=1S/C5H14NO4P.C5H12/c1-6(2,3)4-5-10-11(7,8)9;1-3-5-4-2/h4-5H2,1-3H3,(H-,7,8,9);3-5H2,1-2H3. The molecule has 0 aromatic rings. The molecule has 1 unspecified atom stereocenters. The van der Waals surface area contributed by atoms with E-state index in [1.807, 2.05) is 21.1 Å². The summed E-state index contributed by atoms with van der Waals surface area (Å²) in [5.41, 5.74) is 0. The third kappa shape index (κ3) is 23.7. The van der Waals surface area contributed by atoms with Gasteiger partial charge in [0.1, 0.15) is 13.2 Å². The van der Waals surface area contributed by atoms with Gasteiger partial charge in [0.25, 0.3) is 7.82 Å². The van der Waals surface area contributed by atoms with Crippen molar-refractivity contribution < 1.29 is 23.4 Å². The second-order valence-electron chi connectivity index (χ2n) is 4.67. The van der Waals surface area contributed by atoms with Crippen LogP contribution in [-0.2, 0) is 9.09 Å². The summed E-state index contributed by atoms with van der Waals surface area (Å²) >= 11 is 0. The zero-order valence-corrected chi connectivity index (χ0v) is 12.0. The van der Waals surface area contributed by atoms with Crippen molar-refractivity contribution in [2.24, 2.45) is 0 Å². The van der Waals surface area contributed by atoms with Crippen molar-refractivity contribution >= 4 is 7.82 Å². The third-order valence-electron chi connectivity index (χ3n) is 1.72. The van der Waals surface area contributed by atoms with Crippen LogP contribution in [0.15, 0.2) is 0 Å². The lowest BCUT2D eigenvalue weighted by molar-refractivity contribution is -0.870. The van der Waals surface area contributed by atoms with E-state index in [0.29, 0.717) is 11.0 Å². The van der Waals surface area contributed by atoms with Crippen LogP contribution in [-0.4, -0.2) is 43.7 Å². The highest BCUT2D eigenvalue weighted by atomic mass is 31.2. The number of rotatable bonds is 6. The summed E-state index contributed by atoms with van der Waals surface area (Å²) in [5, 5.41) is 0. The van der Waals surface area contributed by atoms with Gasteiger partial charge >= 0.3 is 0 Å². The van der Waals surface area contributed by atoms with Gasteiger partial charge in [-0.1, -0.05) is 33.1 Å². The van der Waals surface area contributed by atoms with Gasteiger partial charge in [0.15, 0.2) is 0 Å². The molecule has 0 amide bonds. The second kappa shape index (κ2) is 9.14. The predicted molar refractivity (Wildman–Crippen MR) is 63.9 cm³/mol. The third-order valence-corrected chi connectivity index (χ3v) is 2.23. The van der Waals surface area contributed by atoms with Gasteiger partial charge in [-0.2, -0.15) is 0 Å². The van der Waals surface area contributed by atoms with E-state index in [1.165, 1.54) is 19.3 Å². The molecule has 0 aliphatic heterocycles. The Morgan fingerprint density at radius 3 is 1.88 bits per heavy atom. The number of likely N-dealkylation sites (N-methyl/N-ethyl adjacent to an activating group) is 1. The van der Waals surface area contributed by atoms with Gasteiger partial charge in [-0.05, 0) is 0 Å². The molecule has 0 bridgehead atoms. The average molecular weight is 255 g/mol. The molecule has 6 heteroatoms. The van der Waals surface area contributed by atoms with Crippen molar-refractivity contribution in [3.05, 3.63) is 0 Å². The number of phosphoric ester groups is 1. The topological polar surface area (TPSA) is 69.6 Å². The Kier molecular flexibility index (Phi) is 10.5. The van der Waals surface area contributed by atoms with Crippen molar-refractivity contribution in [1.82, 2.24) is 0 Å². The minimum absolute atomic E-state index is 0.0147. The van der Waals surface area contributed by atoms with Crippen molar-refractivity contribution in [3.8, 4) is 0 Å². The van der Waals surface area contributed by atoms with E-state index in [4.69, 9.17) is 4.89 Å². The highest BCUT2D eigenvalue weighted by Crippen LogP contribution is 2.29. The van der Waals surface area contributed by atoms with E-state index in [2.05, 4.69) is 18.4 Å². The molecule has 0 aromatic carbocycles. The Hall–Kier alpha value is 0.0700. The highest BCUT2D eigenvalue weighted by molar-refractivity contribution is 7.44. The molecule has 0 saturated heterocycles. The first-order valence-electron chi connectivity index (χ1n) is 5.61. The lowest BCUT2D eigenvalue weighted by Crippen LogP contribution is -2.37. The van der Waals surface area contributed by atoms with Gasteiger partial charge in [0.2, 0.25) is 0 Å². The van der Waals surface area contributed by atoms with Crippen LogP contribution in [0.5, 0.6) is 0 Å². The van der Waals surface area contributed by atoms with Gasteiger partial charge in [-0.25, -0.2) is 0 Å². The van der Waals surface area contributed by atoms with Crippen LogP contribution in [0, 0.1) is 0 Å². The quantitative estimate of drug-likeness (QED) is 0.575. The fourth-order valence-electron chi connectivity index (χ4n) is 0.784. The van der Waals surface area contributed by atoms with Crippen molar-refractivity contribution in [2.75, 3.05) is 34.3 Å². The van der Waals surface area contributed by atoms with Gasteiger partial charge in [0.05, 0.1) is 21.1 Å². The number of quaternary nitrogens is 1. The van der Waals surface area contributed by atoms with E-state index in [9.17, 15) is 9.46 Å². The summed E-state index contributed by atoms with van der Waals surface area (Å²) < 4.78 is 14.8. The van der Waals surface area contributed by atoms with Crippen molar-refractivity contribution in [2.45, 2.75) is 33.1 Å². The van der Waals surface area contributed by atoms with Crippen LogP contribution in [0.4, 0.5) is 0 Å². The number of hydrogen-bond donors (Lipinski definition) is 1. The summed E-state index contributed by atoms with van der Waals surface area (Å²) in [6, 6.07) is 0. The van der Waals surface area contributed by atoms with E-state index in [1.54, 1.807) is 0 Å². The summed E-state index contributed by atoms with van der Waals surface area (Å²) in [6.45, 7) is 4.97. The molecule has 0 spiro atoms. The number of phosphoric acid groups is 1. The second-order valence-corrected chi connectivity index (χ2v) is 5.86. The lowest BCUT2D eigenvalue weighted by Gasteiger charge is -2.25. The molecule has 0 saturated carbocycles. The maximum absolute atomic E-state index is 10.1. The van der Waals surface area contributed by atoms with Crippen molar-refractivity contribution in [3.63, 3.8) is 0 Å². The first kappa shape index (κ1) is 18.4. The molecule has 16 heavy (non-hydrogen) atoms. The van der Waals surface area contributed by atoms with Crippen LogP contribution < -0.4 is 4.89 Å². The van der Waals surface area contributed by atoms with E-state index in [-0.39, 0.29) is 6.61 Å². The van der Waals surface area contributed by atoms with Crippen molar-refractivity contribution in [1.29, 1.82) is 0 Å². The predicted octanol–water partition coefficient (Wildman–Crippen LogP) is 1.37. The molecule has 0 heterocycles. The van der Waals surface area contributed by atoms with Gasteiger partial charge in [0, 0.05) is 0 Å². The Balaban J connectivity index is 0. The lowest BCUT2D eigenvalue weighted by atomic mass is 10.3. The molecule has 0 aliphatic carbocycles. The van der Waals surface area contributed by atoms with Crippen LogP contribution in [0.3, 0.4) is 0 Å². The zero-order valence-electron chi connectivity index (χ0n) is 11.1. The number of hydrogen-bond acceptors (Lipinski definition) is 3. The fraction of sp³-hybridized carbons (Fsp3) is 1.00. The van der Waals surface area contributed by atoms with E-state index >= 15 is 0 Å². The molecule has 0 aliphatic rings. The largest absolute Gasteiger partial charge is 0.756 e. The molecule has 1 N–H and O–H groups in total. The molecule has 100 valence electrons. The van der Waals surface area contributed by atoms with Gasteiger partial charge < -0.3 is 18.8 Å². The molecule has 0 rings (SSSR count). The maximum atomic E-state index is 10.1. The average Bonchev–Trinajstić information content (AvgIpc) is 2.01. The SMILES string of the molecule is CCCCC.C[N+](C)(C)CCOP(=O)([O-])O. The monoisotopic (exact) mass is 255 g/mol.